The lowest BCUT2D eigenvalue weighted by molar-refractivity contribution is 0.307. The molecule has 3 rings (SSSR count). The van der Waals surface area contributed by atoms with Crippen LogP contribution in [-0.2, 0) is 13.0 Å². The molecule has 1 aliphatic heterocycles. The maximum atomic E-state index is 5.90. The fraction of sp³-hybridized carbons (Fsp3) is 0.583. The predicted octanol–water partition coefficient (Wildman–Crippen LogP) is 2.39. The van der Waals surface area contributed by atoms with Crippen LogP contribution in [0, 0.1) is 0 Å². The highest BCUT2D eigenvalue weighted by Gasteiger charge is 2.17. The van der Waals surface area contributed by atoms with Crippen molar-refractivity contribution >= 4 is 23.4 Å². The molecular weight excluding hydrogens is 312 g/mol. The zero-order chi connectivity index (χ0) is 14.7. The van der Waals surface area contributed by atoms with Gasteiger partial charge in [0.25, 0.3) is 0 Å². The van der Waals surface area contributed by atoms with E-state index in [-0.39, 0.29) is 11.3 Å². The maximum absolute atomic E-state index is 5.90. The number of ether oxygens (including phenoxy) is 1. The number of fused-ring (bicyclic) bond motifs is 1. The first kappa shape index (κ1) is 14.5. The van der Waals surface area contributed by atoms with Gasteiger partial charge in [0.05, 0.1) is 6.61 Å². The van der Waals surface area contributed by atoms with Crippen LogP contribution in [0.1, 0.15) is 32.0 Å². The molecule has 112 valence electrons. The van der Waals surface area contributed by atoms with E-state index >= 15 is 0 Å². The van der Waals surface area contributed by atoms with Gasteiger partial charge in [-0.25, -0.2) is 0 Å². The lowest BCUT2D eigenvalue weighted by Gasteiger charge is -2.06. The monoisotopic (exact) mass is 326 g/mol. The minimum Gasteiger partial charge on any atom is -0.464 e. The molecule has 0 amide bonds. The Labute approximate surface area is 131 Å². The van der Waals surface area contributed by atoms with E-state index in [1.165, 1.54) is 18.2 Å². The van der Waals surface area contributed by atoms with E-state index < -0.39 is 0 Å². The van der Waals surface area contributed by atoms with Gasteiger partial charge in [0.1, 0.15) is 5.82 Å². The molecule has 0 atom stereocenters. The standard InChI is InChI=1S/C12H15ClN6OS/c1-2-20-10-14-9(13)15-11(16-10)21-12-18-17-8-6-4-3-5-7-19(8)12/h2-7H2,1H3. The minimum absolute atomic E-state index is 0.117. The largest absolute Gasteiger partial charge is 0.464 e. The number of hydrogen-bond donors (Lipinski definition) is 0. The highest BCUT2D eigenvalue weighted by Crippen LogP contribution is 2.27. The smallest absolute Gasteiger partial charge is 0.321 e. The Morgan fingerprint density at radius 1 is 1.19 bits per heavy atom. The van der Waals surface area contributed by atoms with E-state index in [1.807, 2.05) is 6.92 Å². The fourth-order valence-electron chi connectivity index (χ4n) is 2.17. The molecule has 21 heavy (non-hydrogen) atoms. The normalized spacial score (nSPS) is 14.6. The summed E-state index contributed by atoms with van der Waals surface area (Å²) in [6.45, 7) is 3.27. The van der Waals surface area contributed by atoms with Gasteiger partial charge in [0.2, 0.25) is 10.4 Å². The summed E-state index contributed by atoms with van der Waals surface area (Å²) in [4.78, 5) is 12.3. The van der Waals surface area contributed by atoms with Crippen LogP contribution in [0.25, 0.3) is 0 Å². The first-order valence-corrected chi connectivity index (χ1v) is 8.10. The quantitative estimate of drug-likeness (QED) is 0.853. The Hall–Kier alpha value is -1.41. The summed E-state index contributed by atoms with van der Waals surface area (Å²) >= 11 is 7.23. The second kappa shape index (κ2) is 6.57. The summed E-state index contributed by atoms with van der Waals surface area (Å²) in [5.41, 5.74) is 0. The van der Waals surface area contributed by atoms with Gasteiger partial charge in [-0.2, -0.15) is 15.0 Å². The molecule has 2 aromatic heterocycles. The molecule has 7 nitrogen and oxygen atoms in total. The van der Waals surface area contributed by atoms with Crippen LogP contribution in [-0.4, -0.2) is 36.3 Å². The van der Waals surface area contributed by atoms with Crippen molar-refractivity contribution < 1.29 is 4.74 Å². The molecule has 9 heteroatoms. The second-order valence-corrected chi connectivity index (χ2v) is 5.84. The maximum Gasteiger partial charge on any atom is 0.321 e. The first-order valence-electron chi connectivity index (χ1n) is 6.90. The molecule has 0 N–H and O–H groups in total. The Morgan fingerprint density at radius 2 is 2.10 bits per heavy atom. The SMILES string of the molecule is CCOc1nc(Cl)nc(Sc2nnc3n2CCCCC3)n1. The molecule has 3 heterocycles. The molecule has 0 spiro atoms. The summed E-state index contributed by atoms with van der Waals surface area (Å²) in [5, 5.41) is 9.86. The van der Waals surface area contributed by atoms with E-state index in [4.69, 9.17) is 16.3 Å². The topological polar surface area (TPSA) is 78.6 Å². The molecule has 0 unspecified atom stereocenters. The first-order chi connectivity index (χ1) is 10.3. The fourth-order valence-corrected chi connectivity index (χ4v) is 3.18. The number of nitrogens with zero attached hydrogens (tertiary/aromatic N) is 6. The molecule has 1 aliphatic rings. The van der Waals surface area contributed by atoms with Crippen molar-refractivity contribution in [2.75, 3.05) is 6.61 Å². The lowest BCUT2D eigenvalue weighted by Crippen LogP contribution is -2.04. The van der Waals surface area contributed by atoms with Gasteiger partial charge < -0.3 is 9.30 Å². The van der Waals surface area contributed by atoms with Crippen LogP contribution in [0.2, 0.25) is 5.28 Å². The van der Waals surface area contributed by atoms with Crippen LogP contribution in [0.15, 0.2) is 10.3 Å². The third kappa shape index (κ3) is 3.44. The van der Waals surface area contributed by atoms with Gasteiger partial charge >= 0.3 is 6.01 Å². The van der Waals surface area contributed by atoms with Gasteiger partial charge in [0, 0.05) is 13.0 Å². The Morgan fingerprint density at radius 3 is 2.95 bits per heavy atom. The van der Waals surface area contributed by atoms with Gasteiger partial charge in [-0.1, -0.05) is 6.42 Å². The Bertz CT molecular complexity index is 634. The van der Waals surface area contributed by atoms with Crippen molar-refractivity contribution in [3.63, 3.8) is 0 Å². The van der Waals surface area contributed by atoms with Crippen molar-refractivity contribution in [2.24, 2.45) is 0 Å². The van der Waals surface area contributed by atoms with Crippen LogP contribution >= 0.6 is 23.4 Å². The van der Waals surface area contributed by atoms with Gasteiger partial charge in [0.15, 0.2) is 5.16 Å². The minimum atomic E-state index is 0.117. The summed E-state index contributed by atoms with van der Waals surface area (Å²) in [5.74, 6) is 1.03. The second-order valence-electron chi connectivity index (χ2n) is 4.57. The highest BCUT2D eigenvalue weighted by molar-refractivity contribution is 7.99. The molecular formula is C12H15ClN6OS. The van der Waals surface area contributed by atoms with Crippen molar-refractivity contribution in [3.05, 3.63) is 11.1 Å². The van der Waals surface area contributed by atoms with Gasteiger partial charge in [-0.15, -0.1) is 10.2 Å². The number of rotatable bonds is 4. The lowest BCUT2D eigenvalue weighted by atomic mass is 10.2. The summed E-state index contributed by atoms with van der Waals surface area (Å²) in [6, 6.07) is 0.232. The molecule has 0 radical (unpaired) electrons. The van der Waals surface area contributed by atoms with E-state index in [1.54, 1.807) is 0 Å². The third-order valence-electron chi connectivity index (χ3n) is 3.10. The predicted molar refractivity (Wildman–Crippen MR) is 77.7 cm³/mol. The highest BCUT2D eigenvalue weighted by atomic mass is 35.5. The van der Waals surface area contributed by atoms with Crippen LogP contribution < -0.4 is 4.74 Å². The number of aryl methyl sites for hydroxylation is 1. The molecule has 0 saturated carbocycles. The molecule has 0 fully saturated rings. The van der Waals surface area contributed by atoms with Crippen LogP contribution in [0.5, 0.6) is 6.01 Å². The molecule has 0 saturated heterocycles. The van der Waals surface area contributed by atoms with Crippen LogP contribution in [0.3, 0.4) is 0 Å². The van der Waals surface area contributed by atoms with E-state index in [0.29, 0.717) is 11.8 Å². The number of hydrogen-bond acceptors (Lipinski definition) is 7. The van der Waals surface area contributed by atoms with E-state index in [2.05, 4.69) is 29.7 Å². The van der Waals surface area contributed by atoms with Gasteiger partial charge in [-0.05, 0) is 43.1 Å². The Balaban J connectivity index is 1.85. The average Bonchev–Trinajstić information content (AvgIpc) is 2.68. The van der Waals surface area contributed by atoms with E-state index in [9.17, 15) is 0 Å². The van der Waals surface area contributed by atoms with Crippen molar-refractivity contribution in [3.8, 4) is 6.01 Å². The number of halogens is 1. The summed E-state index contributed by atoms with van der Waals surface area (Å²) in [6.07, 6.45) is 4.49. The molecule has 0 bridgehead atoms. The average molecular weight is 327 g/mol. The molecule has 2 aromatic rings. The van der Waals surface area contributed by atoms with Gasteiger partial charge in [-0.3, -0.25) is 0 Å². The van der Waals surface area contributed by atoms with Crippen molar-refractivity contribution in [2.45, 2.75) is 49.5 Å². The zero-order valence-corrected chi connectivity index (χ0v) is 13.2. The Kier molecular flexibility index (Phi) is 4.54. The summed E-state index contributed by atoms with van der Waals surface area (Å²) in [7, 11) is 0. The van der Waals surface area contributed by atoms with Crippen molar-refractivity contribution in [1.29, 1.82) is 0 Å². The zero-order valence-electron chi connectivity index (χ0n) is 11.6. The molecule has 0 aromatic carbocycles. The van der Waals surface area contributed by atoms with Crippen LogP contribution in [0.4, 0.5) is 0 Å². The molecule has 0 aliphatic carbocycles. The summed E-state index contributed by atoms with van der Waals surface area (Å²) < 4.78 is 7.41. The number of aromatic nitrogens is 6. The van der Waals surface area contributed by atoms with E-state index in [0.717, 1.165) is 36.8 Å². The van der Waals surface area contributed by atoms with Crippen molar-refractivity contribution in [1.82, 2.24) is 29.7 Å². The third-order valence-corrected chi connectivity index (χ3v) is 4.12.